The second-order valence-corrected chi connectivity index (χ2v) is 3.53. The van der Waals surface area contributed by atoms with Gasteiger partial charge in [0.05, 0.1) is 5.02 Å². The molecule has 0 bridgehead atoms. The molecule has 3 N–H and O–H groups in total. The minimum absolute atomic E-state index is 0.160. The summed E-state index contributed by atoms with van der Waals surface area (Å²) in [5.74, 6) is 0. The smallest absolute Gasteiger partial charge is 0.404 e. The number of nitrogens with one attached hydrogen (secondary N) is 1. The van der Waals surface area contributed by atoms with Gasteiger partial charge in [-0.2, -0.15) is 0 Å². The fourth-order valence-corrected chi connectivity index (χ4v) is 1.59. The Morgan fingerprint density at radius 1 is 1.53 bits per heavy atom. The number of amides is 1. The summed E-state index contributed by atoms with van der Waals surface area (Å²) < 4.78 is 4.68. The van der Waals surface area contributed by atoms with Gasteiger partial charge in [-0.3, -0.25) is 0 Å². The largest absolute Gasteiger partial charge is 0.445 e. The summed E-state index contributed by atoms with van der Waals surface area (Å²) in [4.78, 5) is 13.4. The number of hydrogen-bond donors (Lipinski definition) is 2. The molecule has 1 aromatic heterocycles. The molecule has 5 heteroatoms. The second kappa shape index (κ2) is 3.82. The Balaban J connectivity index is 2.29. The number of benzene rings is 1. The van der Waals surface area contributed by atoms with Crippen LogP contribution in [0.1, 0.15) is 5.56 Å². The van der Waals surface area contributed by atoms with Crippen molar-refractivity contribution < 1.29 is 9.53 Å². The van der Waals surface area contributed by atoms with Crippen LogP contribution in [0, 0.1) is 0 Å². The third kappa shape index (κ3) is 2.05. The molecule has 15 heavy (non-hydrogen) atoms. The zero-order valence-electron chi connectivity index (χ0n) is 7.79. The lowest BCUT2D eigenvalue weighted by atomic mass is 10.2. The number of aromatic amines is 1. The quantitative estimate of drug-likeness (QED) is 0.823. The van der Waals surface area contributed by atoms with Crippen molar-refractivity contribution >= 4 is 28.6 Å². The Labute approximate surface area is 91.0 Å². The Bertz CT molecular complexity index is 507. The molecule has 0 fully saturated rings. The summed E-state index contributed by atoms with van der Waals surface area (Å²) in [6.07, 6.45) is 0.931. The molecule has 1 amide bonds. The van der Waals surface area contributed by atoms with Crippen LogP contribution in [0.25, 0.3) is 10.9 Å². The lowest BCUT2D eigenvalue weighted by Crippen LogP contribution is -2.12. The minimum Gasteiger partial charge on any atom is -0.445 e. The van der Waals surface area contributed by atoms with Gasteiger partial charge in [0, 0.05) is 17.1 Å². The molecule has 0 radical (unpaired) electrons. The minimum atomic E-state index is -0.782. The van der Waals surface area contributed by atoms with E-state index in [4.69, 9.17) is 17.3 Å². The summed E-state index contributed by atoms with van der Waals surface area (Å²) >= 11 is 5.94. The van der Waals surface area contributed by atoms with E-state index in [1.807, 2.05) is 18.2 Å². The summed E-state index contributed by atoms with van der Waals surface area (Å²) in [5.41, 5.74) is 6.67. The molecule has 2 rings (SSSR count). The van der Waals surface area contributed by atoms with Crippen LogP contribution in [-0.2, 0) is 11.3 Å². The average Bonchev–Trinajstić information content (AvgIpc) is 2.57. The van der Waals surface area contributed by atoms with Crippen molar-refractivity contribution in [3.63, 3.8) is 0 Å². The van der Waals surface area contributed by atoms with E-state index < -0.39 is 6.09 Å². The number of rotatable bonds is 2. The molecule has 0 spiro atoms. The molecule has 2 aromatic rings. The Morgan fingerprint density at radius 3 is 3.07 bits per heavy atom. The molecular weight excluding hydrogens is 216 g/mol. The topological polar surface area (TPSA) is 68.1 Å². The molecule has 0 saturated heterocycles. The van der Waals surface area contributed by atoms with Gasteiger partial charge in [0.1, 0.15) is 6.61 Å². The van der Waals surface area contributed by atoms with Crippen LogP contribution in [0.15, 0.2) is 24.4 Å². The van der Waals surface area contributed by atoms with Crippen LogP contribution in [0.2, 0.25) is 5.02 Å². The first-order chi connectivity index (χ1) is 7.16. The van der Waals surface area contributed by atoms with Crippen molar-refractivity contribution in [1.82, 2.24) is 4.98 Å². The molecule has 0 atom stereocenters. The van der Waals surface area contributed by atoms with Crippen molar-refractivity contribution in [3.8, 4) is 0 Å². The summed E-state index contributed by atoms with van der Waals surface area (Å²) in [5, 5.41) is 1.55. The molecule has 0 saturated carbocycles. The van der Waals surface area contributed by atoms with E-state index >= 15 is 0 Å². The van der Waals surface area contributed by atoms with Crippen LogP contribution in [0.5, 0.6) is 0 Å². The predicted molar refractivity (Wildman–Crippen MR) is 57.7 cm³/mol. The maximum atomic E-state index is 10.4. The van der Waals surface area contributed by atoms with Crippen LogP contribution in [-0.4, -0.2) is 11.1 Å². The molecule has 0 unspecified atom stereocenters. The maximum Gasteiger partial charge on any atom is 0.404 e. The number of ether oxygens (including phenoxy) is 1. The first-order valence-electron chi connectivity index (χ1n) is 4.34. The number of carbonyl (C=O) groups is 1. The first-order valence-corrected chi connectivity index (χ1v) is 4.72. The van der Waals surface area contributed by atoms with E-state index in [0.29, 0.717) is 5.02 Å². The normalized spacial score (nSPS) is 10.5. The van der Waals surface area contributed by atoms with E-state index in [1.54, 1.807) is 6.20 Å². The van der Waals surface area contributed by atoms with Gasteiger partial charge >= 0.3 is 6.09 Å². The van der Waals surface area contributed by atoms with Gasteiger partial charge in [-0.1, -0.05) is 17.7 Å². The third-order valence-electron chi connectivity index (χ3n) is 2.08. The third-order valence-corrected chi connectivity index (χ3v) is 2.39. The summed E-state index contributed by atoms with van der Waals surface area (Å²) in [6, 6.07) is 5.58. The van der Waals surface area contributed by atoms with E-state index in [-0.39, 0.29) is 6.61 Å². The Kier molecular flexibility index (Phi) is 2.51. The predicted octanol–water partition coefficient (Wildman–Crippen LogP) is 2.42. The zero-order valence-corrected chi connectivity index (χ0v) is 8.54. The highest BCUT2D eigenvalue weighted by Crippen LogP contribution is 2.24. The van der Waals surface area contributed by atoms with Crippen LogP contribution < -0.4 is 5.73 Å². The molecular formula is C10H9ClN2O2. The van der Waals surface area contributed by atoms with Gasteiger partial charge in [0.15, 0.2) is 0 Å². The Hall–Kier alpha value is -1.68. The van der Waals surface area contributed by atoms with Crippen molar-refractivity contribution in [2.75, 3.05) is 0 Å². The van der Waals surface area contributed by atoms with Gasteiger partial charge < -0.3 is 15.5 Å². The van der Waals surface area contributed by atoms with Crippen LogP contribution >= 0.6 is 11.6 Å². The lowest BCUT2D eigenvalue weighted by Gasteiger charge is -2.01. The highest BCUT2D eigenvalue weighted by Gasteiger charge is 2.03. The summed E-state index contributed by atoms with van der Waals surface area (Å²) in [7, 11) is 0. The monoisotopic (exact) mass is 224 g/mol. The number of aromatic nitrogens is 1. The zero-order chi connectivity index (χ0) is 10.8. The highest BCUT2D eigenvalue weighted by molar-refractivity contribution is 6.35. The molecule has 1 heterocycles. The van der Waals surface area contributed by atoms with Gasteiger partial charge in [0.2, 0.25) is 0 Å². The standard InChI is InChI=1S/C10H9ClN2O2/c11-8-4-13-9-2-1-6(3-7(8)9)5-15-10(12)14/h1-4,13H,5H2,(H2,12,14). The average molecular weight is 225 g/mol. The van der Waals surface area contributed by atoms with Crippen LogP contribution in [0.3, 0.4) is 0 Å². The van der Waals surface area contributed by atoms with Gasteiger partial charge in [-0.15, -0.1) is 0 Å². The van der Waals surface area contributed by atoms with E-state index in [9.17, 15) is 4.79 Å². The number of H-pyrrole nitrogens is 1. The Morgan fingerprint density at radius 2 is 2.33 bits per heavy atom. The van der Waals surface area contributed by atoms with Crippen molar-refractivity contribution in [2.24, 2.45) is 5.73 Å². The van der Waals surface area contributed by atoms with Crippen molar-refractivity contribution in [3.05, 3.63) is 35.0 Å². The van der Waals surface area contributed by atoms with E-state index in [1.165, 1.54) is 0 Å². The fraction of sp³-hybridized carbons (Fsp3) is 0.100. The second-order valence-electron chi connectivity index (χ2n) is 3.12. The van der Waals surface area contributed by atoms with Gasteiger partial charge in [0.25, 0.3) is 0 Å². The van der Waals surface area contributed by atoms with E-state index in [2.05, 4.69) is 9.72 Å². The number of fused-ring (bicyclic) bond motifs is 1. The van der Waals surface area contributed by atoms with Gasteiger partial charge in [-0.25, -0.2) is 4.79 Å². The van der Waals surface area contributed by atoms with Crippen LogP contribution in [0.4, 0.5) is 4.79 Å². The maximum absolute atomic E-state index is 10.4. The van der Waals surface area contributed by atoms with Crippen molar-refractivity contribution in [1.29, 1.82) is 0 Å². The number of primary amides is 1. The van der Waals surface area contributed by atoms with E-state index in [0.717, 1.165) is 16.5 Å². The molecule has 4 nitrogen and oxygen atoms in total. The molecule has 78 valence electrons. The summed E-state index contributed by atoms with van der Waals surface area (Å²) in [6.45, 7) is 0.160. The van der Waals surface area contributed by atoms with Crippen molar-refractivity contribution in [2.45, 2.75) is 6.61 Å². The highest BCUT2D eigenvalue weighted by atomic mass is 35.5. The SMILES string of the molecule is NC(=O)OCc1ccc2[nH]cc(Cl)c2c1. The number of carbonyl (C=O) groups excluding carboxylic acids is 1. The molecule has 0 aliphatic carbocycles. The first kappa shape index (κ1) is 9.86. The fourth-order valence-electron chi connectivity index (χ4n) is 1.38. The molecule has 0 aliphatic rings. The van der Waals surface area contributed by atoms with Gasteiger partial charge in [-0.05, 0) is 17.7 Å². The number of hydrogen-bond acceptors (Lipinski definition) is 2. The molecule has 0 aliphatic heterocycles. The number of nitrogens with two attached hydrogens (primary N) is 1. The lowest BCUT2D eigenvalue weighted by molar-refractivity contribution is 0.150. The number of halogens is 1. The molecule has 1 aromatic carbocycles.